The van der Waals surface area contributed by atoms with Crippen molar-refractivity contribution in [3.63, 3.8) is 0 Å². The Kier molecular flexibility index (Phi) is 25.3. The molecule has 4 atom stereocenters. The van der Waals surface area contributed by atoms with E-state index >= 15 is 0 Å². The normalized spacial score (nSPS) is 14.4. The zero-order valence-electron chi connectivity index (χ0n) is 22.5. The first kappa shape index (κ1) is 35.6. The number of hydrogen-bond donors (Lipinski definition) is 4. The summed E-state index contributed by atoms with van der Waals surface area (Å²) < 4.78 is 37.0. The van der Waals surface area contributed by atoms with Crippen molar-refractivity contribution < 1.29 is 53.6 Å². The third kappa shape index (κ3) is 24.7. The van der Waals surface area contributed by atoms with Crippen molar-refractivity contribution in [2.45, 2.75) is 45.2 Å². The van der Waals surface area contributed by atoms with E-state index in [9.17, 15) is 5.11 Å². The minimum atomic E-state index is -0.696. The smallest absolute Gasteiger partial charge is 0.119 e. The minimum absolute atomic E-state index is 0.00479. The Balaban J connectivity index is 0.000000845. The molecule has 0 aromatic heterocycles. The van der Waals surface area contributed by atoms with Crippen molar-refractivity contribution in [1.29, 1.82) is 0 Å². The van der Waals surface area contributed by atoms with E-state index in [2.05, 4.69) is 0 Å². The molecular formula is C26H48O11. The van der Waals surface area contributed by atoms with Gasteiger partial charge in [0, 0.05) is 0 Å². The molecule has 1 rings (SSSR count). The number of ether oxygens (including phenoxy) is 7. The number of hydrogen-bond acceptors (Lipinski definition) is 11. The predicted molar refractivity (Wildman–Crippen MR) is 138 cm³/mol. The average molecular weight is 537 g/mol. The molecule has 0 amide bonds. The Morgan fingerprint density at radius 2 is 1.05 bits per heavy atom. The van der Waals surface area contributed by atoms with Gasteiger partial charge in [-0.3, -0.25) is 0 Å². The summed E-state index contributed by atoms with van der Waals surface area (Å²) in [5.41, 5.74) is 0. The maximum absolute atomic E-state index is 9.87. The molecule has 0 bridgehead atoms. The van der Waals surface area contributed by atoms with Crippen LogP contribution in [-0.2, 0) is 28.4 Å². The molecule has 0 saturated heterocycles. The van der Waals surface area contributed by atoms with Crippen LogP contribution in [0.5, 0.6) is 5.75 Å². The van der Waals surface area contributed by atoms with Crippen molar-refractivity contribution in [3.8, 4) is 5.75 Å². The van der Waals surface area contributed by atoms with Crippen molar-refractivity contribution in [2.24, 2.45) is 0 Å². The first-order chi connectivity index (χ1) is 17.9. The van der Waals surface area contributed by atoms with Gasteiger partial charge < -0.3 is 53.6 Å². The van der Waals surface area contributed by atoms with Crippen LogP contribution in [0.25, 0.3) is 0 Å². The van der Waals surface area contributed by atoms with Gasteiger partial charge in [-0.2, -0.15) is 0 Å². The van der Waals surface area contributed by atoms with Crippen molar-refractivity contribution in [1.82, 2.24) is 0 Å². The molecule has 1 aromatic carbocycles. The highest BCUT2D eigenvalue weighted by atomic mass is 16.6. The average Bonchev–Trinajstić information content (AvgIpc) is 2.92. The van der Waals surface area contributed by atoms with Crippen LogP contribution < -0.4 is 4.74 Å². The second-order valence-electron chi connectivity index (χ2n) is 8.18. The lowest BCUT2D eigenvalue weighted by atomic mass is 10.3. The number of benzene rings is 1. The summed E-state index contributed by atoms with van der Waals surface area (Å²) >= 11 is 0. The van der Waals surface area contributed by atoms with Crippen LogP contribution >= 0.6 is 0 Å². The lowest BCUT2D eigenvalue weighted by Crippen LogP contribution is -2.29. The first-order valence-electron chi connectivity index (χ1n) is 12.7. The highest BCUT2D eigenvalue weighted by Crippen LogP contribution is 2.09. The van der Waals surface area contributed by atoms with E-state index in [0.29, 0.717) is 52.9 Å². The van der Waals surface area contributed by atoms with Crippen LogP contribution in [-0.4, -0.2) is 131 Å². The minimum Gasteiger partial charge on any atom is -0.491 e. The van der Waals surface area contributed by atoms with Gasteiger partial charge in [-0.15, -0.1) is 0 Å². The molecule has 0 spiro atoms. The van der Waals surface area contributed by atoms with Crippen molar-refractivity contribution in [2.75, 3.05) is 85.9 Å². The molecular weight excluding hydrogens is 488 g/mol. The molecule has 11 heteroatoms. The quantitative estimate of drug-likeness (QED) is 0.146. The van der Waals surface area contributed by atoms with E-state index in [-0.39, 0.29) is 51.3 Å². The van der Waals surface area contributed by atoms with Gasteiger partial charge in [-0.25, -0.2) is 0 Å². The molecule has 0 aliphatic heterocycles. The summed E-state index contributed by atoms with van der Waals surface area (Å²) in [6.45, 7) is 9.54. The summed E-state index contributed by atoms with van der Waals surface area (Å²) in [6.07, 6.45) is -1.12. The Hall–Kier alpha value is -1.38. The fourth-order valence-corrected chi connectivity index (χ4v) is 2.45. The zero-order chi connectivity index (χ0) is 27.6. The van der Waals surface area contributed by atoms with Crippen molar-refractivity contribution in [3.05, 3.63) is 30.3 Å². The third-order valence-electron chi connectivity index (χ3n) is 4.46. The predicted octanol–water partition coefficient (Wildman–Crippen LogP) is 0.655. The second-order valence-corrected chi connectivity index (χ2v) is 8.18. The summed E-state index contributed by atoms with van der Waals surface area (Å²) in [5, 5.41) is 35.5. The van der Waals surface area contributed by atoms with Gasteiger partial charge in [-0.1, -0.05) is 18.2 Å². The third-order valence-corrected chi connectivity index (χ3v) is 4.46. The molecule has 4 N–H and O–H groups in total. The standard InChI is InChI=1S/C18H30O6.C8H18O5/c1-14(9-19)21-10-15(2)22-11-16(3)23-12-17(20)13-24-18-7-5-4-6-8-18;9-1-3-11-5-7-13-8-6-12-4-2-10/h4-8,14-17,19-20H,9-13H2,1-3H3;9-10H,1-8H2. The van der Waals surface area contributed by atoms with Gasteiger partial charge >= 0.3 is 0 Å². The second kappa shape index (κ2) is 26.2. The molecule has 4 unspecified atom stereocenters. The molecule has 0 radical (unpaired) electrons. The van der Waals surface area contributed by atoms with Gasteiger partial charge in [-0.05, 0) is 32.9 Å². The van der Waals surface area contributed by atoms with Gasteiger partial charge in [0.25, 0.3) is 0 Å². The fourth-order valence-electron chi connectivity index (χ4n) is 2.45. The van der Waals surface area contributed by atoms with Crippen molar-refractivity contribution >= 4 is 0 Å². The van der Waals surface area contributed by atoms with Crippen LogP contribution in [0.2, 0.25) is 0 Å². The highest BCUT2D eigenvalue weighted by Gasteiger charge is 2.12. The summed E-state index contributed by atoms with van der Waals surface area (Å²) in [5.74, 6) is 0.721. The molecule has 0 aliphatic carbocycles. The maximum Gasteiger partial charge on any atom is 0.119 e. The van der Waals surface area contributed by atoms with E-state index in [1.807, 2.05) is 44.2 Å². The van der Waals surface area contributed by atoms with Crippen LogP contribution in [0.3, 0.4) is 0 Å². The Labute approximate surface area is 221 Å². The maximum atomic E-state index is 9.87. The lowest BCUT2D eigenvalue weighted by molar-refractivity contribution is -0.0866. The van der Waals surface area contributed by atoms with Crippen LogP contribution in [0, 0.1) is 0 Å². The molecule has 1 aromatic rings. The Morgan fingerprint density at radius 1 is 0.595 bits per heavy atom. The van der Waals surface area contributed by atoms with E-state index in [1.54, 1.807) is 6.92 Å². The van der Waals surface area contributed by atoms with Crippen LogP contribution in [0.4, 0.5) is 0 Å². The molecule has 0 heterocycles. The summed E-state index contributed by atoms with van der Waals surface area (Å²) in [7, 11) is 0. The van der Waals surface area contributed by atoms with Gasteiger partial charge in [0.15, 0.2) is 0 Å². The van der Waals surface area contributed by atoms with E-state index < -0.39 is 6.10 Å². The number of rotatable bonds is 23. The first-order valence-corrected chi connectivity index (χ1v) is 12.7. The zero-order valence-corrected chi connectivity index (χ0v) is 22.5. The number of aliphatic hydroxyl groups excluding tert-OH is 4. The topological polar surface area (TPSA) is 146 Å². The molecule has 0 fully saturated rings. The lowest BCUT2D eigenvalue weighted by Gasteiger charge is -2.20. The monoisotopic (exact) mass is 536 g/mol. The van der Waals surface area contributed by atoms with Gasteiger partial charge in [0.05, 0.1) is 97.6 Å². The molecule has 37 heavy (non-hydrogen) atoms. The Bertz CT molecular complexity index is 569. The Morgan fingerprint density at radius 3 is 1.54 bits per heavy atom. The highest BCUT2D eigenvalue weighted by molar-refractivity contribution is 5.20. The molecule has 218 valence electrons. The number of para-hydroxylation sites is 1. The van der Waals surface area contributed by atoms with E-state index in [1.165, 1.54) is 0 Å². The van der Waals surface area contributed by atoms with Crippen LogP contribution in [0.15, 0.2) is 30.3 Å². The number of aliphatic hydroxyl groups is 4. The van der Waals surface area contributed by atoms with Gasteiger partial charge in [0.2, 0.25) is 0 Å². The fraction of sp³-hybridized carbons (Fsp3) is 0.769. The molecule has 11 nitrogen and oxygen atoms in total. The summed E-state index contributed by atoms with van der Waals surface area (Å²) in [6, 6.07) is 9.34. The molecule has 0 saturated carbocycles. The van der Waals surface area contributed by atoms with Gasteiger partial charge in [0.1, 0.15) is 18.5 Å². The van der Waals surface area contributed by atoms with Crippen LogP contribution in [0.1, 0.15) is 20.8 Å². The van der Waals surface area contributed by atoms with E-state index in [0.717, 1.165) is 5.75 Å². The largest absolute Gasteiger partial charge is 0.491 e. The van der Waals surface area contributed by atoms with E-state index in [4.69, 9.17) is 48.5 Å². The summed E-state index contributed by atoms with van der Waals surface area (Å²) in [4.78, 5) is 0. The molecule has 0 aliphatic rings. The SMILES string of the molecule is CC(CO)OCC(C)OCC(C)OCC(O)COc1ccccc1.OCCOCCOCCOCCO.